The number of aromatic nitrogens is 2. The number of nitrogens with one attached hydrogen (secondary N) is 2. The first kappa shape index (κ1) is 28.7. The van der Waals surface area contributed by atoms with E-state index < -0.39 is 0 Å². The van der Waals surface area contributed by atoms with E-state index in [0.29, 0.717) is 0 Å². The first-order valence-corrected chi connectivity index (χ1v) is 15.7. The Kier molecular flexibility index (Phi) is 9.54. The lowest BCUT2D eigenvalue weighted by atomic mass is 10.0. The van der Waals surface area contributed by atoms with Crippen LogP contribution in [-0.4, -0.2) is 27.8 Å². The molecule has 0 unspecified atom stereocenters. The van der Waals surface area contributed by atoms with Crippen LogP contribution in [0.4, 0.5) is 5.69 Å². The molecule has 0 fully saturated rings. The van der Waals surface area contributed by atoms with Crippen molar-refractivity contribution in [3.8, 4) is 0 Å². The Labute approximate surface area is 263 Å². The number of rotatable bonds is 8. The van der Waals surface area contributed by atoms with Crippen LogP contribution in [0.25, 0.3) is 10.2 Å². The van der Waals surface area contributed by atoms with Crippen LogP contribution < -0.4 is 5.43 Å². The van der Waals surface area contributed by atoms with Crippen LogP contribution in [0, 0.1) is 0 Å². The van der Waals surface area contributed by atoms with Gasteiger partial charge in [0.1, 0.15) is 5.71 Å². The Morgan fingerprint density at radius 3 is 1.68 bits per heavy atom. The van der Waals surface area contributed by atoms with Crippen LogP contribution in [0.1, 0.15) is 27.1 Å². The normalized spacial score (nSPS) is 10.6. The van der Waals surface area contributed by atoms with E-state index in [9.17, 15) is 0 Å². The first-order valence-electron chi connectivity index (χ1n) is 14.0. The minimum absolute atomic E-state index is 0.826. The monoisotopic (exact) mass is 608 g/mol. The highest BCUT2D eigenvalue weighted by Gasteiger charge is 2.09. The molecule has 0 radical (unpaired) electrons. The number of fused-ring (bicyclic) bond motifs is 1. The van der Waals surface area contributed by atoms with Gasteiger partial charge in [0.2, 0.25) is 0 Å². The molecule has 0 saturated heterocycles. The number of H-pyrrole nitrogens is 1. The summed E-state index contributed by atoms with van der Waals surface area (Å²) < 4.78 is 1.23. The van der Waals surface area contributed by atoms with Crippen LogP contribution in [-0.2, 0) is 0 Å². The van der Waals surface area contributed by atoms with E-state index in [1.807, 2.05) is 126 Å². The summed E-state index contributed by atoms with van der Waals surface area (Å²) >= 11 is 3.29. The molecular formula is C36H28N6S2. The number of thiophene rings is 2. The minimum atomic E-state index is 0.826. The lowest BCUT2D eigenvalue weighted by molar-refractivity contribution is 1.12. The topological polar surface area (TPSA) is 77.8 Å². The van der Waals surface area contributed by atoms with Crippen molar-refractivity contribution in [2.24, 2.45) is 15.3 Å². The van der Waals surface area contributed by atoms with Crippen molar-refractivity contribution in [1.82, 2.24) is 10.2 Å². The van der Waals surface area contributed by atoms with Gasteiger partial charge in [-0.3, -0.25) is 10.5 Å². The zero-order valence-corrected chi connectivity index (χ0v) is 25.2. The molecule has 7 aromatic rings. The summed E-state index contributed by atoms with van der Waals surface area (Å²) in [7, 11) is 0. The Hall–Kier alpha value is -5.44. The Morgan fingerprint density at radius 1 is 0.614 bits per heavy atom. The molecule has 0 aliphatic heterocycles. The van der Waals surface area contributed by atoms with Gasteiger partial charge in [-0.2, -0.15) is 15.3 Å². The van der Waals surface area contributed by atoms with Gasteiger partial charge in [0.25, 0.3) is 0 Å². The molecule has 44 heavy (non-hydrogen) atoms. The van der Waals surface area contributed by atoms with Crippen molar-refractivity contribution < 1.29 is 0 Å². The lowest BCUT2D eigenvalue weighted by Crippen LogP contribution is -2.06. The third-order valence-electron chi connectivity index (χ3n) is 6.57. The molecule has 0 saturated carbocycles. The van der Waals surface area contributed by atoms with Crippen molar-refractivity contribution in [3.63, 3.8) is 0 Å². The molecular weight excluding hydrogens is 581 g/mol. The fourth-order valence-electron chi connectivity index (χ4n) is 4.40. The second-order valence-electron chi connectivity index (χ2n) is 9.50. The van der Waals surface area contributed by atoms with Crippen molar-refractivity contribution >= 4 is 56.2 Å². The number of anilines is 1. The molecule has 4 aromatic carbocycles. The van der Waals surface area contributed by atoms with E-state index in [4.69, 9.17) is 5.10 Å². The zero-order valence-electron chi connectivity index (χ0n) is 23.6. The average Bonchev–Trinajstić information content (AvgIpc) is 3.85. The quantitative estimate of drug-likeness (QED) is 0.133. The number of hydrogen-bond donors (Lipinski definition) is 2. The predicted octanol–water partition coefficient (Wildman–Crippen LogP) is 9.11. The maximum absolute atomic E-state index is 4.78. The van der Waals surface area contributed by atoms with Gasteiger partial charge in [-0.1, -0.05) is 121 Å². The van der Waals surface area contributed by atoms with E-state index in [2.05, 4.69) is 50.1 Å². The molecule has 6 nitrogen and oxygen atoms in total. The predicted molar refractivity (Wildman–Crippen MR) is 187 cm³/mol. The summed E-state index contributed by atoms with van der Waals surface area (Å²) in [6.45, 7) is 0. The highest BCUT2D eigenvalue weighted by atomic mass is 32.1. The van der Waals surface area contributed by atoms with Gasteiger partial charge in [-0.15, -0.1) is 27.8 Å². The molecule has 2 N–H and O–H groups in total. The van der Waals surface area contributed by atoms with Gasteiger partial charge < -0.3 is 0 Å². The van der Waals surface area contributed by atoms with Gasteiger partial charge in [-0.05, 0) is 22.9 Å². The molecule has 0 aliphatic carbocycles. The van der Waals surface area contributed by atoms with E-state index in [-0.39, 0.29) is 0 Å². The fourth-order valence-corrected chi connectivity index (χ4v) is 5.81. The zero-order chi connectivity index (χ0) is 29.8. The molecule has 0 aliphatic rings. The second-order valence-corrected chi connectivity index (χ2v) is 11.4. The van der Waals surface area contributed by atoms with Crippen molar-refractivity contribution in [2.75, 3.05) is 5.43 Å². The number of hydrogen-bond acceptors (Lipinski definition) is 7. The van der Waals surface area contributed by atoms with E-state index >= 15 is 0 Å². The van der Waals surface area contributed by atoms with Gasteiger partial charge >= 0.3 is 0 Å². The SMILES string of the molecule is C(=N\N=C(c1ccccc1)c1ccccc1)/c1sccc1NN=C(c1ccccc1)c1ccccc1.c1cc2[nH]ncc2s1. The summed E-state index contributed by atoms with van der Waals surface area (Å²) in [4.78, 5) is 0.948. The van der Waals surface area contributed by atoms with Crippen LogP contribution in [0.5, 0.6) is 0 Å². The van der Waals surface area contributed by atoms with Crippen LogP contribution in [0.15, 0.2) is 166 Å². The molecule has 3 heterocycles. The molecule has 7 rings (SSSR count). The number of benzene rings is 4. The minimum Gasteiger partial charge on any atom is -0.277 e. The summed E-state index contributed by atoms with van der Waals surface area (Å²) in [6, 6.07) is 44.6. The smallest absolute Gasteiger partial charge is 0.100 e. The van der Waals surface area contributed by atoms with E-state index in [0.717, 1.165) is 49.8 Å². The highest BCUT2D eigenvalue weighted by molar-refractivity contribution is 7.17. The van der Waals surface area contributed by atoms with E-state index in [1.54, 1.807) is 28.9 Å². The molecule has 0 amide bonds. The van der Waals surface area contributed by atoms with Crippen molar-refractivity contribution in [1.29, 1.82) is 0 Å². The number of nitrogens with zero attached hydrogens (tertiary/aromatic N) is 4. The number of aromatic amines is 1. The number of hydrazone groups is 1. The fraction of sp³-hybridized carbons (Fsp3) is 0. The van der Waals surface area contributed by atoms with Crippen molar-refractivity contribution in [3.05, 3.63) is 178 Å². The largest absolute Gasteiger partial charge is 0.277 e. The Bertz CT molecular complexity index is 1840. The highest BCUT2D eigenvalue weighted by Crippen LogP contribution is 2.22. The second kappa shape index (κ2) is 14.6. The maximum Gasteiger partial charge on any atom is 0.100 e. The summed E-state index contributed by atoms with van der Waals surface area (Å²) in [5.41, 5.74) is 11.1. The average molecular weight is 609 g/mol. The third-order valence-corrected chi connectivity index (χ3v) is 8.27. The maximum atomic E-state index is 4.78. The van der Waals surface area contributed by atoms with Gasteiger partial charge in [0, 0.05) is 22.3 Å². The molecule has 0 atom stereocenters. The molecule has 3 aromatic heterocycles. The van der Waals surface area contributed by atoms with Gasteiger partial charge in [-0.25, -0.2) is 0 Å². The van der Waals surface area contributed by atoms with Crippen molar-refractivity contribution in [2.45, 2.75) is 0 Å². The molecule has 8 heteroatoms. The van der Waals surface area contributed by atoms with Gasteiger partial charge in [0.05, 0.1) is 38.9 Å². The third kappa shape index (κ3) is 7.30. The summed E-state index contributed by atoms with van der Waals surface area (Å²) in [5, 5.41) is 24.6. The molecule has 214 valence electrons. The molecule has 0 bridgehead atoms. The van der Waals surface area contributed by atoms with Crippen LogP contribution >= 0.6 is 22.7 Å². The first-order chi connectivity index (χ1) is 21.8. The summed E-state index contributed by atoms with van der Waals surface area (Å²) in [5.74, 6) is 0. The lowest BCUT2D eigenvalue weighted by Gasteiger charge is -2.08. The Morgan fingerprint density at radius 2 is 1.14 bits per heavy atom. The van der Waals surface area contributed by atoms with Crippen LogP contribution in [0.3, 0.4) is 0 Å². The molecule has 0 spiro atoms. The van der Waals surface area contributed by atoms with Gasteiger partial charge in [0.15, 0.2) is 0 Å². The van der Waals surface area contributed by atoms with Crippen LogP contribution in [0.2, 0.25) is 0 Å². The summed E-state index contributed by atoms with van der Waals surface area (Å²) in [6.07, 6.45) is 3.61. The van der Waals surface area contributed by atoms with E-state index in [1.165, 1.54) is 4.70 Å². The standard InChI is InChI=1S/C31H24N4S.C5H4N2S/c1-5-13-24(14-6-1)30(25-15-7-2-8-16-25)34-32-23-29-28(21-22-36-29)33-35-31(26-17-9-3-10-18-26)27-19-11-4-12-20-27;1-2-8-5-3-6-7-4(1)5/h1-23,33H;1-3H,(H,6,7)/b32-23+;. The Balaban J connectivity index is 0.000000367.